The lowest BCUT2D eigenvalue weighted by atomic mass is 9.85. The summed E-state index contributed by atoms with van der Waals surface area (Å²) in [7, 11) is 0. The maximum atomic E-state index is 11.7. The summed E-state index contributed by atoms with van der Waals surface area (Å²) in [5.41, 5.74) is 0.302. The molecule has 17 heavy (non-hydrogen) atoms. The maximum Gasteiger partial charge on any atom is 0.308 e. The highest BCUT2D eigenvalue weighted by Gasteiger charge is 2.28. The van der Waals surface area contributed by atoms with Gasteiger partial charge in [-0.15, -0.1) is 0 Å². The Morgan fingerprint density at radius 1 is 1.35 bits per heavy atom. The minimum Gasteiger partial charge on any atom is -0.466 e. The summed E-state index contributed by atoms with van der Waals surface area (Å²) in [6.45, 7) is 10.1. The first kappa shape index (κ1) is 14.5. The van der Waals surface area contributed by atoms with Crippen molar-refractivity contribution in [3.63, 3.8) is 0 Å². The molecule has 0 aromatic rings. The molecule has 1 rings (SSSR count). The Balaban J connectivity index is 2.36. The first-order chi connectivity index (χ1) is 7.92. The lowest BCUT2D eigenvalue weighted by molar-refractivity contribution is -0.149. The van der Waals surface area contributed by atoms with Gasteiger partial charge in [-0.1, -0.05) is 27.2 Å². The Labute approximate surface area is 105 Å². The van der Waals surface area contributed by atoms with Crippen molar-refractivity contribution < 1.29 is 9.53 Å². The van der Waals surface area contributed by atoms with Gasteiger partial charge in [0, 0.05) is 12.6 Å². The second kappa shape index (κ2) is 6.39. The molecule has 0 heterocycles. The molecule has 100 valence electrons. The highest BCUT2D eigenvalue weighted by atomic mass is 16.5. The topological polar surface area (TPSA) is 38.3 Å². The molecule has 3 nitrogen and oxygen atoms in total. The minimum absolute atomic E-state index is 0.00485. The molecular formula is C14H27NO2. The van der Waals surface area contributed by atoms with Crippen LogP contribution in [0.3, 0.4) is 0 Å². The average molecular weight is 241 g/mol. The van der Waals surface area contributed by atoms with Crippen molar-refractivity contribution in [3.8, 4) is 0 Å². The average Bonchev–Trinajstić information content (AvgIpc) is 2.26. The van der Waals surface area contributed by atoms with Gasteiger partial charge in [0.1, 0.15) is 0 Å². The molecule has 2 atom stereocenters. The number of ether oxygens (including phenoxy) is 1. The zero-order valence-corrected chi connectivity index (χ0v) is 11.7. The zero-order valence-electron chi connectivity index (χ0n) is 11.7. The van der Waals surface area contributed by atoms with Gasteiger partial charge < -0.3 is 10.1 Å². The summed E-state index contributed by atoms with van der Waals surface area (Å²) in [4.78, 5) is 11.7. The molecule has 0 bridgehead atoms. The van der Waals surface area contributed by atoms with Gasteiger partial charge in [-0.25, -0.2) is 0 Å². The first-order valence-electron chi connectivity index (χ1n) is 6.82. The molecule has 0 spiro atoms. The number of hydrogen-bond acceptors (Lipinski definition) is 3. The van der Waals surface area contributed by atoms with E-state index in [1.54, 1.807) is 0 Å². The first-order valence-corrected chi connectivity index (χ1v) is 6.82. The zero-order chi connectivity index (χ0) is 12.9. The molecule has 2 unspecified atom stereocenters. The molecule has 1 N–H and O–H groups in total. The second-order valence-corrected chi connectivity index (χ2v) is 6.25. The van der Waals surface area contributed by atoms with Crippen LogP contribution in [0.1, 0.15) is 53.4 Å². The van der Waals surface area contributed by atoms with E-state index in [0.29, 0.717) is 18.1 Å². The van der Waals surface area contributed by atoms with Crippen LogP contribution in [0.5, 0.6) is 0 Å². The minimum atomic E-state index is -0.00485. The van der Waals surface area contributed by atoms with Gasteiger partial charge in [-0.3, -0.25) is 4.79 Å². The standard InChI is InChI=1S/C14H27NO2/c1-5-17-13(16)11-7-6-8-12(9-11)15-10-14(2,3)4/h11-12,15H,5-10H2,1-4H3. The van der Waals surface area contributed by atoms with Crippen LogP contribution in [-0.4, -0.2) is 25.2 Å². The Bertz CT molecular complexity index is 245. The molecule has 1 aliphatic rings. The van der Waals surface area contributed by atoms with Crippen LogP contribution in [0.25, 0.3) is 0 Å². The summed E-state index contributed by atoms with van der Waals surface area (Å²) in [5, 5.41) is 3.58. The smallest absolute Gasteiger partial charge is 0.308 e. The van der Waals surface area contributed by atoms with Gasteiger partial charge in [0.05, 0.1) is 12.5 Å². The Morgan fingerprint density at radius 2 is 2.06 bits per heavy atom. The van der Waals surface area contributed by atoms with Crippen molar-refractivity contribution in [2.24, 2.45) is 11.3 Å². The number of carbonyl (C=O) groups excluding carboxylic acids is 1. The molecule has 0 radical (unpaired) electrons. The fourth-order valence-corrected chi connectivity index (χ4v) is 2.30. The van der Waals surface area contributed by atoms with Crippen molar-refractivity contribution in [1.82, 2.24) is 5.32 Å². The van der Waals surface area contributed by atoms with E-state index in [2.05, 4.69) is 26.1 Å². The molecule has 1 saturated carbocycles. The molecule has 0 aromatic heterocycles. The van der Waals surface area contributed by atoms with E-state index >= 15 is 0 Å². The SMILES string of the molecule is CCOC(=O)C1CCCC(NCC(C)(C)C)C1. The lowest BCUT2D eigenvalue weighted by Crippen LogP contribution is -2.40. The number of carbonyl (C=O) groups is 1. The largest absolute Gasteiger partial charge is 0.466 e. The van der Waals surface area contributed by atoms with Crippen molar-refractivity contribution >= 4 is 5.97 Å². The van der Waals surface area contributed by atoms with E-state index < -0.39 is 0 Å². The van der Waals surface area contributed by atoms with Crippen LogP contribution in [0.4, 0.5) is 0 Å². The highest BCUT2D eigenvalue weighted by Crippen LogP contribution is 2.26. The Kier molecular flexibility index (Phi) is 5.44. The van der Waals surface area contributed by atoms with Crippen LogP contribution < -0.4 is 5.32 Å². The van der Waals surface area contributed by atoms with Crippen LogP contribution in [0, 0.1) is 11.3 Å². The van der Waals surface area contributed by atoms with Gasteiger partial charge in [-0.05, 0) is 31.6 Å². The van der Waals surface area contributed by atoms with Gasteiger partial charge in [0.15, 0.2) is 0 Å². The lowest BCUT2D eigenvalue weighted by Gasteiger charge is -2.31. The van der Waals surface area contributed by atoms with Gasteiger partial charge >= 0.3 is 5.97 Å². The van der Waals surface area contributed by atoms with Crippen LogP contribution in [-0.2, 0) is 9.53 Å². The van der Waals surface area contributed by atoms with Gasteiger partial charge in [0.2, 0.25) is 0 Å². The summed E-state index contributed by atoms with van der Waals surface area (Å²) < 4.78 is 5.11. The molecule has 0 amide bonds. The van der Waals surface area contributed by atoms with E-state index in [0.717, 1.165) is 25.8 Å². The summed E-state index contributed by atoms with van der Waals surface area (Å²) in [5.74, 6) is 0.107. The summed E-state index contributed by atoms with van der Waals surface area (Å²) in [6, 6.07) is 0.484. The molecule has 0 saturated heterocycles. The predicted molar refractivity (Wildman–Crippen MR) is 69.8 cm³/mol. The Morgan fingerprint density at radius 3 is 2.65 bits per heavy atom. The molecule has 1 fully saturated rings. The van der Waals surface area contributed by atoms with Crippen LogP contribution >= 0.6 is 0 Å². The Hall–Kier alpha value is -0.570. The summed E-state index contributed by atoms with van der Waals surface area (Å²) >= 11 is 0. The molecule has 0 aromatic carbocycles. The fraction of sp³-hybridized carbons (Fsp3) is 0.929. The third kappa shape index (κ3) is 5.53. The van der Waals surface area contributed by atoms with Crippen molar-refractivity contribution in [2.45, 2.75) is 59.4 Å². The summed E-state index contributed by atoms with van der Waals surface area (Å²) in [6.07, 6.45) is 4.25. The monoisotopic (exact) mass is 241 g/mol. The third-order valence-corrected chi connectivity index (χ3v) is 3.22. The number of esters is 1. The molecule has 3 heteroatoms. The van der Waals surface area contributed by atoms with E-state index in [1.807, 2.05) is 6.92 Å². The maximum absolute atomic E-state index is 11.7. The molecule has 1 aliphatic carbocycles. The van der Waals surface area contributed by atoms with Crippen molar-refractivity contribution in [1.29, 1.82) is 0 Å². The highest BCUT2D eigenvalue weighted by molar-refractivity contribution is 5.72. The van der Waals surface area contributed by atoms with E-state index in [9.17, 15) is 4.79 Å². The molecule has 0 aliphatic heterocycles. The van der Waals surface area contributed by atoms with Crippen molar-refractivity contribution in [3.05, 3.63) is 0 Å². The van der Waals surface area contributed by atoms with Crippen molar-refractivity contribution in [2.75, 3.05) is 13.2 Å². The number of rotatable bonds is 4. The third-order valence-electron chi connectivity index (χ3n) is 3.22. The van der Waals surface area contributed by atoms with Crippen LogP contribution in [0.15, 0.2) is 0 Å². The quantitative estimate of drug-likeness (QED) is 0.769. The second-order valence-electron chi connectivity index (χ2n) is 6.25. The van der Waals surface area contributed by atoms with Gasteiger partial charge in [-0.2, -0.15) is 0 Å². The predicted octanol–water partition coefficient (Wildman–Crippen LogP) is 2.74. The van der Waals surface area contributed by atoms with E-state index in [1.165, 1.54) is 6.42 Å². The number of nitrogens with one attached hydrogen (secondary N) is 1. The molecular weight excluding hydrogens is 214 g/mol. The fourth-order valence-electron chi connectivity index (χ4n) is 2.30. The van der Waals surface area contributed by atoms with Crippen LogP contribution in [0.2, 0.25) is 0 Å². The normalized spacial score (nSPS) is 25.6. The number of hydrogen-bond donors (Lipinski definition) is 1. The van der Waals surface area contributed by atoms with E-state index in [-0.39, 0.29) is 11.9 Å². The van der Waals surface area contributed by atoms with Gasteiger partial charge in [0.25, 0.3) is 0 Å². The van der Waals surface area contributed by atoms with E-state index in [4.69, 9.17) is 4.74 Å².